The monoisotopic (exact) mass is 95.1 g/mol. The number of nitrogens with zero attached hydrogens (tertiary/aromatic N) is 2. The quantitative estimate of drug-likeness (QED) is 0.411. The molecule has 0 aliphatic rings. The average molecular weight is 95.1 g/mol. The van der Waals surface area contributed by atoms with Gasteiger partial charge in [-0.1, -0.05) is 0 Å². The van der Waals surface area contributed by atoms with Crippen LogP contribution in [0.2, 0.25) is 0 Å². The normalized spacial score (nSPS) is 8.71. The molecule has 2 nitrogen and oxygen atoms in total. The molecule has 0 fully saturated rings. The molecule has 0 aliphatic heterocycles. The lowest BCUT2D eigenvalue weighted by Gasteiger charge is -1.77. The van der Waals surface area contributed by atoms with Crippen LogP contribution in [-0.4, -0.2) is 4.98 Å². The van der Waals surface area contributed by atoms with Crippen molar-refractivity contribution < 1.29 is 4.57 Å². The summed E-state index contributed by atoms with van der Waals surface area (Å²) < 4.78 is 1.94. The molecule has 0 unspecified atom stereocenters. The smallest absolute Gasteiger partial charge is 0.186 e. The van der Waals surface area contributed by atoms with Gasteiger partial charge in [0, 0.05) is 0 Å². The van der Waals surface area contributed by atoms with E-state index in [1.807, 2.05) is 24.0 Å². The maximum absolute atomic E-state index is 3.82. The number of hydrogen-bond acceptors (Lipinski definition) is 1. The molecule has 0 spiro atoms. The van der Waals surface area contributed by atoms with Crippen molar-refractivity contribution in [2.45, 2.75) is 0 Å². The van der Waals surface area contributed by atoms with Crippen LogP contribution in [-0.2, 0) is 7.05 Å². The molecule has 2 heteroatoms. The van der Waals surface area contributed by atoms with Gasteiger partial charge in [0.05, 0.1) is 12.4 Å². The van der Waals surface area contributed by atoms with E-state index in [2.05, 4.69) is 4.98 Å². The second-order valence-electron chi connectivity index (χ2n) is 1.41. The molecule has 0 saturated carbocycles. The van der Waals surface area contributed by atoms with Crippen molar-refractivity contribution in [3.63, 3.8) is 0 Å². The lowest BCUT2D eigenvalue weighted by atomic mass is 10.7. The van der Waals surface area contributed by atoms with E-state index in [1.54, 1.807) is 12.4 Å². The fraction of sp³-hybridized carbons (Fsp3) is 0.200. The Labute approximate surface area is 42.4 Å². The van der Waals surface area contributed by atoms with Crippen molar-refractivity contribution in [3.8, 4) is 0 Å². The Hall–Kier alpha value is -0.920. The highest BCUT2D eigenvalue weighted by Crippen LogP contribution is 1.63. The van der Waals surface area contributed by atoms with Gasteiger partial charge in [-0.15, -0.1) is 0 Å². The molecule has 7 heavy (non-hydrogen) atoms. The topological polar surface area (TPSA) is 16.8 Å². The highest BCUT2D eigenvalue weighted by Gasteiger charge is 1.79. The van der Waals surface area contributed by atoms with Crippen LogP contribution in [0.4, 0.5) is 0 Å². The van der Waals surface area contributed by atoms with E-state index in [-0.39, 0.29) is 0 Å². The van der Waals surface area contributed by atoms with Crippen molar-refractivity contribution in [2.75, 3.05) is 0 Å². The van der Waals surface area contributed by atoms with Crippen molar-refractivity contribution in [1.29, 1.82) is 0 Å². The molecule has 1 rings (SSSR count). The van der Waals surface area contributed by atoms with Gasteiger partial charge >= 0.3 is 0 Å². The molecule has 0 amide bonds. The molecule has 0 atom stereocenters. The van der Waals surface area contributed by atoms with E-state index >= 15 is 0 Å². The van der Waals surface area contributed by atoms with Gasteiger partial charge in [-0.3, -0.25) is 4.98 Å². The summed E-state index contributed by atoms with van der Waals surface area (Å²) in [4.78, 5) is 3.82. The zero-order valence-electron chi connectivity index (χ0n) is 4.20. The van der Waals surface area contributed by atoms with E-state index in [0.29, 0.717) is 0 Å². The van der Waals surface area contributed by atoms with Crippen LogP contribution in [0, 0.1) is 0 Å². The van der Waals surface area contributed by atoms with Crippen molar-refractivity contribution in [2.24, 2.45) is 7.05 Å². The number of rotatable bonds is 0. The molecule has 0 aromatic carbocycles. The SMILES string of the molecule is C[n+]1ccncc1. The molecule has 1 heterocycles. The average Bonchev–Trinajstić information content (AvgIpc) is 1.69. The third kappa shape index (κ3) is 0.961. The van der Waals surface area contributed by atoms with E-state index in [9.17, 15) is 0 Å². The molecule has 0 bridgehead atoms. The van der Waals surface area contributed by atoms with Crippen LogP contribution in [0.25, 0.3) is 0 Å². The minimum absolute atomic E-state index is 1.75. The maximum Gasteiger partial charge on any atom is 0.186 e. The number of aromatic nitrogens is 2. The Morgan fingerprint density at radius 1 is 1.29 bits per heavy atom. The van der Waals surface area contributed by atoms with Gasteiger partial charge in [0.15, 0.2) is 12.4 Å². The van der Waals surface area contributed by atoms with E-state index in [0.717, 1.165) is 0 Å². The second kappa shape index (κ2) is 1.69. The van der Waals surface area contributed by atoms with Gasteiger partial charge in [0.1, 0.15) is 7.05 Å². The second-order valence-corrected chi connectivity index (χ2v) is 1.41. The summed E-state index contributed by atoms with van der Waals surface area (Å²) in [7, 11) is 1.96. The first-order valence-electron chi connectivity index (χ1n) is 2.15. The predicted octanol–water partition coefficient (Wildman–Crippen LogP) is -0.0939. The Balaban J connectivity index is 3.02. The first-order valence-corrected chi connectivity index (χ1v) is 2.15. The summed E-state index contributed by atoms with van der Waals surface area (Å²) in [6.45, 7) is 0. The fourth-order valence-electron chi connectivity index (χ4n) is 0.387. The minimum Gasteiger partial charge on any atom is -0.252 e. The van der Waals surface area contributed by atoms with E-state index in [4.69, 9.17) is 0 Å². The molecular weight excluding hydrogens is 88.1 g/mol. The summed E-state index contributed by atoms with van der Waals surface area (Å²) in [6, 6.07) is 0. The lowest BCUT2D eigenvalue weighted by molar-refractivity contribution is -0.672. The molecule has 1 aromatic rings. The van der Waals surface area contributed by atoms with Crippen molar-refractivity contribution >= 4 is 0 Å². The van der Waals surface area contributed by atoms with E-state index in [1.165, 1.54) is 0 Å². The zero-order valence-corrected chi connectivity index (χ0v) is 4.20. The predicted molar refractivity (Wildman–Crippen MR) is 25.4 cm³/mol. The molecular formula is C5H7N2+. The Bertz CT molecular complexity index is 136. The Morgan fingerprint density at radius 3 is 2.14 bits per heavy atom. The Kier molecular flexibility index (Phi) is 1.02. The third-order valence-corrected chi connectivity index (χ3v) is 0.776. The van der Waals surface area contributed by atoms with Crippen LogP contribution in [0.3, 0.4) is 0 Å². The first kappa shape index (κ1) is 4.24. The highest BCUT2D eigenvalue weighted by atomic mass is 14.9. The van der Waals surface area contributed by atoms with Gasteiger partial charge in [-0.25, -0.2) is 4.57 Å². The zero-order chi connectivity index (χ0) is 5.11. The van der Waals surface area contributed by atoms with Gasteiger partial charge < -0.3 is 0 Å². The van der Waals surface area contributed by atoms with Crippen LogP contribution < -0.4 is 4.57 Å². The summed E-state index contributed by atoms with van der Waals surface area (Å²) in [5.41, 5.74) is 0. The summed E-state index contributed by atoms with van der Waals surface area (Å²) in [5.74, 6) is 0. The van der Waals surface area contributed by atoms with Gasteiger partial charge in [0.2, 0.25) is 0 Å². The molecule has 0 saturated heterocycles. The first-order chi connectivity index (χ1) is 3.39. The summed E-state index contributed by atoms with van der Waals surface area (Å²) in [5, 5.41) is 0. The van der Waals surface area contributed by atoms with Crippen LogP contribution in [0.5, 0.6) is 0 Å². The number of hydrogen-bond donors (Lipinski definition) is 0. The van der Waals surface area contributed by atoms with Gasteiger partial charge in [0.25, 0.3) is 0 Å². The standard InChI is InChI=1S/C5H7N2/c1-7-4-2-6-3-5-7/h2-5H,1H3/q+1. The Morgan fingerprint density at radius 2 is 1.86 bits per heavy atom. The fourth-order valence-corrected chi connectivity index (χ4v) is 0.387. The van der Waals surface area contributed by atoms with E-state index < -0.39 is 0 Å². The van der Waals surface area contributed by atoms with Crippen molar-refractivity contribution in [3.05, 3.63) is 24.8 Å². The van der Waals surface area contributed by atoms with Gasteiger partial charge in [-0.05, 0) is 0 Å². The van der Waals surface area contributed by atoms with Crippen LogP contribution >= 0.6 is 0 Å². The van der Waals surface area contributed by atoms with Gasteiger partial charge in [-0.2, -0.15) is 0 Å². The van der Waals surface area contributed by atoms with Crippen LogP contribution in [0.15, 0.2) is 24.8 Å². The summed E-state index contributed by atoms with van der Waals surface area (Å²) in [6.07, 6.45) is 7.28. The molecule has 36 valence electrons. The number of aryl methyl sites for hydroxylation is 1. The van der Waals surface area contributed by atoms with Crippen molar-refractivity contribution in [1.82, 2.24) is 4.98 Å². The minimum atomic E-state index is 1.75. The maximum atomic E-state index is 3.82. The third-order valence-electron chi connectivity index (χ3n) is 0.776. The van der Waals surface area contributed by atoms with Crippen LogP contribution in [0.1, 0.15) is 0 Å². The lowest BCUT2D eigenvalue weighted by Crippen LogP contribution is -2.25. The molecule has 0 N–H and O–H groups in total. The summed E-state index contributed by atoms with van der Waals surface area (Å²) >= 11 is 0. The largest absolute Gasteiger partial charge is 0.252 e. The molecule has 0 radical (unpaired) electrons. The highest BCUT2D eigenvalue weighted by molar-refractivity contribution is 4.61. The molecule has 1 aromatic heterocycles. The molecule has 0 aliphatic carbocycles.